The monoisotopic (exact) mass is 169 g/mol. The van der Waals surface area contributed by atoms with Gasteiger partial charge in [0, 0.05) is 0 Å². The maximum atomic E-state index is 9.53. The van der Waals surface area contributed by atoms with E-state index in [1.165, 1.54) is 0 Å². The quantitative estimate of drug-likeness (QED) is 0.333. The Balaban J connectivity index is 4.43. The third kappa shape index (κ3) is 1.86. The van der Waals surface area contributed by atoms with Crippen molar-refractivity contribution in [2.75, 3.05) is 0 Å². The molecule has 0 radical (unpaired) electrons. The highest BCUT2D eigenvalue weighted by molar-refractivity contribution is 7.37. The average Bonchev–Trinajstić information content (AvgIpc) is 1.59. The van der Waals surface area contributed by atoms with Gasteiger partial charge in [0.2, 0.25) is 0 Å². The van der Waals surface area contributed by atoms with Crippen LogP contribution in [-0.4, -0.2) is 14.1 Å². The first kappa shape index (κ1) is 8.63. The van der Waals surface area contributed by atoms with Gasteiger partial charge >= 0.3 is 8.37 Å². The Morgan fingerprint density at radius 1 is 0.800 bits per heavy atom. The van der Waals surface area contributed by atoms with Crippen LogP contribution in [0.2, 0.25) is 0 Å². The van der Waals surface area contributed by atoms with Crippen LogP contribution in [0.5, 0.6) is 0 Å². The minimum Gasteiger partial charge on any atom is -0.253 e. The summed E-state index contributed by atoms with van der Waals surface area (Å²) < 4.78 is -4.56. The molecule has 10 heavy (non-hydrogen) atoms. The van der Waals surface area contributed by atoms with Crippen LogP contribution in [0.4, 0.5) is 0 Å². The summed E-state index contributed by atoms with van der Waals surface area (Å²) in [7, 11) is -3.57. The first-order valence-electron chi connectivity index (χ1n) is 1.70. The summed E-state index contributed by atoms with van der Waals surface area (Å²) in [5, 5.41) is 28.6. The molecule has 0 heterocycles. The fraction of sp³-hybridized carbons (Fsp3) is 0. The maximum absolute atomic E-state index is 9.53. The molecule has 0 aliphatic carbocycles. The number of hydrogen-bond acceptors (Lipinski definition) is 6. The van der Waals surface area contributed by atoms with Gasteiger partial charge in [0.15, 0.2) is 14.1 Å². The molecule has 0 saturated carbocycles. The van der Waals surface area contributed by atoms with Crippen LogP contribution in [0.15, 0.2) is 0 Å². The maximum Gasteiger partial charge on any atom is 0.979 e. The van der Waals surface area contributed by atoms with Crippen molar-refractivity contribution in [1.82, 2.24) is 0 Å². The second-order valence-corrected chi connectivity index (χ2v) is 2.50. The Morgan fingerprint density at radius 3 is 1.00 bits per heavy atom. The summed E-state index contributed by atoms with van der Waals surface area (Å²) in [5.74, 6) is 0. The summed E-state index contributed by atoms with van der Waals surface area (Å²) in [4.78, 5) is 28.6. The zero-order valence-electron chi connectivity index (χ0n) is 4.24. The molecule has 56 valence electrons. The zero-order chi connectivity index (χ0) is 8.31. The molecule has 0 fully saturated rings. The molecular formula is N3O6P. The molecule has 0 aromatic carbocycles. The van der Waals surface area contributed by atoms with E-state index < -0.39 is 22.5 Å². The van der Waals surface area contributed by atoms with Crippen LogP contribution in [0.25, 0.3) is 0 Å². The molecule has 0 saturated heterocycles. The molecule has 0 bridgehead atoms. The van der Waals surface area contributed by atoms with Crippen LogP contribution >= 0.6 is 8.37 Å². The van der Waals surface area contributed by atoms with E-state index in [9.17, 15) is 30.3 Å². The molecule has 0 N–H and O–H groups in total. The lowest BCUT2D eigenvalue weighted by molar-refractivity contribution is -0.527. The zero-order valence-corrected chi connectivity index (χ0v) is 5.13. The van der Waals surface area contributed by atoms with Gasteiger partial charge in [0.05, 0.1) is 0 Å². The third-order valence-electron chi connectivity index (χ3n) is 0.438. The molecular weight excluding hydrogens is 169 g/mol. The van der Waals surface area contributed by atoms with E-state index in [4.69, 9.17) is 0 Å². The number of rotatable bonds is 3. The smallest absolute Gasteiger partial charge is 0.253 e. The first-order chi connectivity index (χ1) is 4.46. The van der Waals surface area contributed by atoms with Gasteiger partial charge in [-0.1, -0.05) is 0 Å². The largest absolute Gasteiger partial charge is 0.979 e. The highest BCUT2D eigenvalue weighted by Gasteiger charge is 2.58. The molecule has 9 nitrogen and oxygen atoms in total. The lowest BCUT2D eigenvalue weighted by Gasteiger charge is -1.83. The van der Waals surface area contributed by atoms with Crippen LogP contribution in [0, 0.1) is 30.3 Å². The van der Waals surface area contributed by atoms with Crippen LogP contribution in [0.3, 0.4) is 0 Å². The summed E-state index contributed by atoms with van der Waals surface area (Å²) in [6.07, 6.45) is 0. The van der Waals surface area contributed by atoms with E-state index >= 15 is 0 Å². The van der Waals surface area contributed by atoms with Crippen molar-refractivity contribution in [1.29, 1.82) is 0 Å². The Kier molecular flexibility index (Phi) is 2.56. The van der Waals surface area contributed by atoms with Gasteiger partial charge in [-0.25, -0.2) is 0 Å². The normalized spacial score (nSPS) is 9.30. The molecule has 0 amide bonds. The second kappa shape index (κ2) is 2.97. The molecule has 0 rings (SSSR count). The van der Waals surface area contributed by atoms with Crippen molar-refractivity contribution < 1.29 is 14.1 Å². The molecule has 0 atom stereocenters. The highest BCUT2D eigenvalue weighted by Crippen LogP contribution is 2.34. The Hall–Kier alpha value is -1.37. The molecule has 0 aliphatic rings. The highest BCUT2D eigenvalue weighted by atomic mass is 31.2. The van der Waals surface area contributed by atoms with E-state index in [1.807, 2.05) is 0 Å². The number of nitrogens with zero attached hydrogens (tertiary/aromatic N) is 3. The standard InChI is InChI=1S/N3O6P/c4-1(5)10(2(6)7)3(8)9. The second-order valence-electron chi connectivity index (χ2n) is 0.982. The SMILES string of the molecule is O=[N+]([O-])P([N+](=O)[O-])[N+](=O)[O-]. The lowest BCUT2D eigenvalue weighted by Crippen LogP contribution is -2.07. The van der Waals surface area contributed by atoms with Gasteiger partial charge in [-0.3, -0.25) is 30.3 Å². The van der Waals surface area contributed by atoms with E-state index in [-0.39, 0.29) is 0 Å². The minimum atomic E-state index is -3.57. The van der Waals surface area contributed by atoms with Crippen molar-refractivity contribution >= 4 is 8.37 Å². The lowest BCUT2D eigenvalue weighted by atomic mass is 13.3. The van der Waals surface area contributed by atoms with E-state index in [0.717, 1.165) is 0 Å². The molecule has 0 unspecified atom stereocenters. The van der Waals surface area contributed by atoms with Crippen LogP contribution in [0.1, 0.15) is 0 Å². The summed E-state index contributed by atoms with van der Waals surface area (Å²) in [6.45, 7) is 0. The Morgan fingerprint density at radius 2 is 1.00 bits per heavy atom. The summed E-state index contributed by atoms with van der Waals surface area (Å²) in [6, 6.07) is 0. The molecule has 0 spiro atoms. The topological polar surface area (TPSA) is 129 Å². The van der Waals surface area contributed by atoms with Crippen molar-refractivity contribution in [2.24, 2.45) is 0 Å². The summed E-state index contributed by atoms with van der Waals surface area (Å²) >= 11 is 0. The van der Waals surface area contributed by atoms with Gasteiger partial charge in [0.1, 0.15) is 0 Å². The van der Waals surface area contributed by atoms with Gasteiger partial charge < -0.3 is 0 Å². The summed E-state index contributed by atoms with van der Waals surface area (Å²) in [5.41, 5.74) is 0. The van der Waals surface area contributed by atoms with E-state index in [2.05, 4.69) is 0 Å². The molecule has 0 aliphatic heterocycles. The number of nitro groups is 3. The van der Waals surface area contributed by atoms with E-state index in [1.54, 1.807) is 0 Å². The van der Waals surface area contributed by atoms with Crippen molar-refractivity contribution in [3.63, 3.8) is 0 Å². The van der Waals surface area contributed by atoms with Gasteiger partial charge in [-0.2, -0.15) is 0 Å². The van der Waals surface area contributed by atoms with Crippen molar-refractivity contribution in [2.45, 2.75) is 0 Å². The fourth-order valence-corrected chi connectivity index (χ4v) is 0.537. The third-order valence-corrected chi connectivity index (χ3v) is 1.31. The van der Waals surface area contributed by atoms with Crippen LogP contribution < -0.4 is 0 Å². The Bertz CT molecular complexity index is 152. The van der Waals surface area contributed by atoms with Gasteiger partial charge in [-0.05, 0) is 0 Å². The molecule has 10 heteroatoms. The number of hydrogen-bond donors (Lipinski definition) is 0. The molecule has 0 aromatic heterocycles. The predicted octanol–water partition coefficient (Wildman–Crippen LogP) is 0.0434. The Labute approximate surface area is 54.0 Å². The molecule has 0 aromatic rings. The van der Waals surface area contributed by atoms with Gasteiger partial charge in [-0.15, -0.1) is 0 Å². The van der Waals surface area contributed by atoms with E-state index in [0.29, 0.717) is 0 Å². The first-order valence-corrected chi connectivity index (χ1v) is 2.90. The van der Waals surface area contributed by atoms with Crippen LogP contribution in [-0.2, 0) is 0 Å². The van der Waals surface area contributed by atoms with Crippen molar-refractivity contribution in [3.8, 4) is 0 Å². The fourth-order valence-electron chi connectivity index (χ4n) is 0.179. The van der Waals surface area contributed by atoms with Crippen molar-refractivity contribution in [3.05, 3.63) is 30.3 Å². The van der Waals surface area contributed by atoms with Gasteiger partial charge in [0.25, 0.3) is 0 Å². The predicted molar refractivity (Wildman–Crippen MR) is 27.9 cm³/mol. The average molecular weight is 169 g/mol. The minimum absolute atomic E-state index is 1.52.